The van der Waals surface area contributed by atoms with Crippen LogP contribution in [0.25, 0.3) is 0 Å². The van der Waals surface area contributed by atoms with E-state index in [1.165, 1.54) is 7.11 Å². The standard InChI is InChI=1S/C16H18N2O2/c1-18(15-5-3-4-14(17)10-15)11-12-6-8-13(9-7-12)16(19)20-2/h3-10H,11,17H2,1-2H3. The van der Waals surface area contributed by atoms with Crippen LogP contribution in [0.15, 0.2) is 48.5 Å². The molecule has 0 spiro atoms. The molecule has 0 aliphatic rings. The third kappa shape index (κ3) is 3.29. The molecule has 0 aliphatic heterocycles. The van der Waals surface area contributed by atoms with Crippen LogP contribution in [-0.2, 0) is 11.3 Å². The first kappa shape index (κ1) is 13.9. The number of ether oxygens (including phenoxy) is 1. The van der Waals surface area contributed by atoms with Crippen LogP contribution in [0.3, 0.4) is 0 Å². The van der Waals surface area contributed by atoms with Gasteiger partial charge >= 0.3 is 5.97 Å². The Morgan fingerprint density at radius 1 is 1.20 bits per heavy atom. The monoisotopic (exact) mass is 270 g/mol. The summed E-state index contributed by atoms with van der Waals surface area (Å²) in [7, 11) is 3.38. The Labute approximate surface area is 118 Å². The van der Waals surface area contributed by atoms with Gasteiger partial charge in [0.1, 0.15) is 0 Å². The summed E-state index contributed by atoms with van der Waals surface area (Å²) in [4.78, 5) is 13.5. The maximum Gasteiger partial charge on any atom is 0.337 e. The third-order valence-electron chi connectivity index (χ3n) is 3.11. The molecule has 0 aromatic heterocycles. The third-order valence-corrected chi connectivity index (χ3v) is 3.11. The number of esters is 1. The summed E-state index contributed by atoms with van der Waals surface area (Å²) < 4.78 is 4.68. The van der Waals surface area contributed by atoms with Gasteiger partial charge in [-0.25, -0.2) is 4.79 Å². The Morgan fingerprint density at radius 3 is 2.50 bits per heavy atom. The summed E-state index contributed by atoms with van der Waals surface area (Å²) >= 11 is 0. The fourth-order valence-electron chi connectivity index (χ4n) is 1.99. The molecule has 0 radical (unpaired) electrons. The van der Waals surface area contributed by atoms with E-state index in [4.69, 9.17) is 5.73 Å². The number of anilines is 2. The molecule has 0 saturated carbocycles. The van der Waals surface area contributed by atoms with Crippen LogP contribution in [-0.4, -0.2) is 20.1 Å². The highest BCUT2D eigenvalue weighted by Gasteiger charge is 2.06. The molecule has 2 aromatic rings. The molecule has 0 fully saturated rings. The minimum Gasteiger partial charge on any atom is -0.465 e. The van der Waals surface area contributed by atoms with E-state index < -0.39 is 0 Å². The second kappa shape index (κ2) is 6.10. The van der Waals surface area contributed by atoms with Crippen molar-refractivity contribution in [2.24, 2.45) is 0 Å². The molecule has 0 amide bonds. The maximum absolute atomic E-state index is 11.4. The van der Waals surface area contributed by atoms with Crippen molar-refractivity contribution in [2.45, 2.75) is 6.54 Å². The molecule has 0 heterocycles. The van der Waals surface area contributed by atoms with Gasteiger partial charge in [0.15, 0.2) is 0 Å². The smallest absolute Gasteiger partial charge is 0.337 e. The molecular formula is C16H18N2O2. The second-order valence-electron chi connectivity index (χ2n) is 4.64. The minimum atomic E-state index is -0.319. The molecule has 0 saturated heterocycles. The van der Waals surface area contributed by atoms with E-state index in [0.717, 1.165) is 23.5 Å². The van der Waals surface area contributed by atoms with E-state index >= 15 is 0 Å². The molecule has 0 unspecified atom stereocenters. The summed E-state index contributed by atoms with van der Waals surface area (Å²) in [5.41, 5.74) is 9.26. The fourth-order valence-corrected chi connectivity index (χ4v) is 1.99. The van der Waals surface area contributed by atoms with Crippen molar-refractivity contribution in [3.05, 3.63) is 59.7 Å². The minimum absolute atomic E-state index is 0.319. The molecule has 0 aliphatic carbocycles. The Bertz CT molecular complexity index is 594. The lowest BCUT2D eigenvalue weighted by Crippen LogP contribution is -2.16. The Kier molecular flexibility index (Phi) is 4.25. The van der Waals surface area contributed by atoms with Gasteiger partial charge in [-0.1, -0.05) is 18.2 Å². The van der Waals surface area contributed by atoms with Crippen molar-refractivity contribution in [1.29, 1.82) is 0 Å². The van der Waals surface area contributed by atoms with Gasteiger partial charge in [0.05, 0.1) is 12.7 Å². The molecule has 2 N–H and O–H groups in total. The lowest BCUT2D eigenvalue weighted by Gasteiger charge is -2.19. The molecule has 4 heteroatoms. The van der Waals surface area contributed by atoms with Crippen LogP contribution in [0.5, 0.6) is 0 Å². The fraction of sp³-hybridized carbons (Fsp3) is 0.188. The van der Waals surface area contributed by atoms with Gasteiger partial charge in [0.2, 0.25) is 0 Å². The number of hydrogen-bond donors (Lipinski definition) is 1. The van der Waals surface area contributed by atoms with Crippen LogP contribution in [0.4, 0.5) is 11.4 Å². The summed E-state index contributed by atoms with van der Waals surface area (Å²) in [6.45, 7) is 0.741. The van der Waals surface area contributed by atoms with Gasteiger partial charge in [0, 0.05) is 25.0 Å². The molecule has 2 rings (SSSR count). The Balaban J connectivity index is 2.08. The van der Waals surface area contributed by atoms with Crippen LogP contribution in [0, 0.1) is 0 Å². The molecule has 4 nitrogen and oxygen atoms in total. The summed E-state index contributed by atoms with van der Waals surface area (Å²) in [5, 5.41) is 0. The van der Waals surface area contributed by atoms with E-state index in [-0.39, 0.29) is 5.97 Å². The quantitative estimate of drug-likeness (QED) is 0.685. The zero-order valence-corrected chi connectivity index (χ0v) is 11.7. The van der Waals surface area contributed by atoms with Gasteiger partial charge in [-0.05, 0) is 35.9 Å². The first-order chi connectivity index (χ1) is 9.60. The van der Waals surface area contributed by atoms with E-state index in [9.17, 15) is 4.79 Å². The first-order valence-corrected chi connectivity index (χ1v) is 6.34. The van der Waals surface area contributed by atoms with E-state index in [2.05, 4.69) is 9.64 Å². The molecular weight excluding hydrogens is 252 g/mol. The van der Waals surface area contributed by atoms with Crippen molar-refractivity contribution < 1.29 is 9.53 Å². The van der Waals surface area contributed by atoms with Crippen molar-refractivity contribution in [3.8, 4) is 0 Å². The Morgan fingerprint density at radius 2 is 1.90 bits per heavy atom. The van der Waals surface area contributed by atoms with Gasteiger partial charge in [-0.2, -0.15) is 0 Å². The number of carbonyl (C=O) groups excluding carboxylic acids is 1. The van der Waals surface area contributed by atoms with Crippen molar-refractivity contribution in [3.63, 3.8) is 0 Å². The molecule has 104 valence electrons. The zero-order chi connectivity index (χ0) is 14.5. The lowest BCUT2D eigenvalue weighted by molar-refractivity contribution is 0.0600. The molecule has 0 atom stereocenters. The van der Waals surface area contributed by atoms with Crippen LogP contribution in [0.1, 0.15) is 15.9 Å². The van der Waals surface area contributed by atoms with Crippen molar-refractivity contribution in [1.82, 2.24) is 0 Å². The number of hydrogen-bond acceptors (Lipinski definition) is 4. The predicted molar refractivity (Wildman–Crippen MR) is 80.7 cm³/mol. The predicted octanol–water partition coefficient (Wildman–Crippen LogP) is 2.69. The highest BCUT2D eigenvalue weighted by molar-refractivity contribution is 5.89. The van der Waals surface area contributed by atoms with E-state index in [1.54, 1.807) is 12.1 Å². The number of rotatable bonds is 4. The van der Waals surface area contributed by atoms with Gasteiger partial charge in [-0.15, -0.1) is 0 Å². The van der Waals surface area contributed by atoms with Crippen LogP contribution in [0.2, 0.25) is 0 Å². The largest absolute Gasteiger partial charge is 0.465 e. The SMILES string of the molecule is COC(=O)c1ccc(CN(C)c2cccc(N)c2)cc1. The molecule has 0 bridgehead atoms. The summed E-state index contributed by atoms with van der Waals surface area (Å²) in [6, 6.07) is 15.1. The Hall–Kier alpha value is -2.49. The number of carbonyl (C=O) groups is 1. The molecule has 20 heavy (non-hydrogen) atoms. The van der Waals surface area contributed by atoms with E-state index in [0.29, 0.717) is 5.56 Å². The first-order valence-electron chi connectivity index (χ1n) is 6.34. The zero-order valence-electron chi connectivity index (χ0n) is 11.7. The summed E-state index contributed by atoms with van der Waals surface area (Å²) in [5.74, 6) is -0.319. The van der Waals surface area contributed by atoms with E-state index in [1.807, 2.05) is 43.4 Å². The number of methoxy groups -OCH3 is 1. The second-order valence-corrected chi connectivity index (χ2v) is 4.64. The van der Waals surface area contributed by atoms with Gasteiger partial charge in [-0.3, -0.25) is 0 Å². The number of nitrogens with two attached hydrogens (primary N) is 1. The highest BCUT2D eigenvalue weighted by atomic mass is 16.5. The van der Waals surface area contributed by atoms with Crippen LogP contribution >= 0.6 is 0 Å². The highest BCUT2D eigenvalue weighted by Crippen LogP contribution is 2.18. The average molecular weight is 270 g/mol. The normalized spacial score (nSPS) is 10.1. The van der Waals surface area contributed by atoms with Gasteiger partial charge in [0.25, 0.3) is 0 Å². The topological polar surface area (TPSA) is 55.6 Å². The average Bonchev–Trinajstić information content (AvgIpc) is 2.47. The van der Waals surface area contributed by atoms with Gasteiger partial charge < -0.3 is 15.4 Å². The molecule has 2 aromatic carbocycles. The lowest BCUT2D eigenvalue weighted by atomic mass is 10.1. The van der Waals surface area contributed by atoms with Crippen LogP contribution < -0.4 is 10.6 Å². The maximum atomic E-state index is 11.4. The number of nitrogen functional groups attached to an aromatic ring is 1. The van der Waals surface area contributed by atoms with Crippen molar-refractivity contribution >= 4 is 17.3 Å². The number of benzene rings is 2. The van der Waals surface area contributed by atoms with Crippen molar-refractivity contribution in [2.75, 3.05) is 24.8 Å². The number of nitrogens with zero attached hydrogens (tertiary/aromatic N) is 1. The summed E-state index contributed by atoms with van der Waals surface area (Å²) in [6.07, 6.45) is 0.